The van der Waals surface area contributed by atoms with Gasteiger partial charge in [0, 0.05) is 43.2 Å². The van der Waals surface area contributed by atoms with Crippen LogP contribution in [-0.4, -0.2) is 28.6 Å². The van der Waals surface area contributed by atoms with Gasteiger partial charge in [-0.25, -0.2) is 4.98 Å². The van der Waals surface area contributed by atoms with Crippen molar-refractivity contribution in [2.75, 3.05) is 13.9 Å². The zero-order valence-corrected chi connectivity index (χ0v) is 29.8. The summed E-state index contributed by atoms with van der Waals surface area (Å²) < 4.78 is 21.5. The lowest BCUT2D eigenvalue weighted by Gasteiger charge is -2.18. The van der Waals surface area contributed by atoms with Crippen LogP contribution >= 0.6 is 0 Å². The molecule has 4 aromatic rings. The highest BCUT2D eigenvalue weighted by Gasteiger charge is 2.29. The number of ether oxygens (including phenoxy) is 3. The van der Waals surface area contributed by atoms with Gasteiger partial charge in [-0.15, -0.1) is 0 Å². The number of halogens is 1. The molecule has 0 saturated heterocycles. The quantitative estimate of drug-likeness (QED) is 0.0914. The lowest BCUT2D eigenvalue weighted by atomic mass is 9.94. The highest BCUT2D eigenvalue weighted by molar-refractivity contribution is 5.94. The SMILES string of the molecule is CCCCCCCCCCCCCCCCCc1nccn1Cc1cc(OC)c(O)c2c[n+]3c(cc12)-c1cc2c(cc1CC3)OCO2.[Cl-]. The average Bonchev–Trinajstić information content (AvgIpc) is 3.75. The molecule has 0 aliphatic carbocycles. The van der Waals surface area contributed by atoms with Crippen molar-refractivity contribution in [3.05, 3.63) is 59.8 Å². The van der Waals surface area contributed by atoms with Crippen molar-refractivity contribution in [2.24, 2.45) is 0 Å². The fourth-order valence-electron chi connectivity index (χ4n) is 7.41. The first-order valence-electron chi connectivity index (χ1n) is 18.3. The smallest absolute Gasteiger partial charge is 0.231 e. The van der Waals surface area contributed by atoms with Crippen LogP contribution in [0.1, 0.15) is 120 Å². The van der Waals surface area contributed by atoms with Crippen molar-refractivity contribution in [2.45, 2.75) is 129 Å². The van der Waals surface area contributed by atoms with Crippen molar-refractivity contribution in [1.29, 1.82) is 0 Å². The third-order valence-corrected chi connectivity index (χ3v) is 10.2. The Kier molecular flexibility index (Phi) is 13.3. The number of pyridine rings is 1. The highest BCUT2D eigenvalue weighted by Crippen LogP contribution is 2.42. The van der Waals surface area contributed by atoms with E-state index in [1.54, 1.807) is 7.11 Å². The summed E-state index contributed by atoms with van der Waals surface area (Å²) in [5, 5.41) is 13.0. The fraction of sp³-hybridized carbons (Fsp3) is 0.550. The van der Waals surface area contributed by atoms with Crippen LogP contribution in [0.25, 0.3) is 22.0 Å². The number of nitrogens with zero attached hydrogens (tertiary/aromatic N) is 3. The molecule has 0 saturated carbocycles. The van der Waals surface area contributed by atoms with Crippen LogP contribution < -0.4 is 31.2 Å². The third kappa shape index (κ3) is 8.58. The first-order valence-corrected chi connectivity index (χ1v) is 18.3. The number of hydrogen-bond acceptors (Lipinski definition) is 5. The number of benzene rings is 2. The van der Waals surface area contributed by atoms with Crippen molar-refractivity contribution in [3.8, 4) is 34.3 Å². The molecule has 6 rings (SSSR count). The van der Waals surface area contributed by atoms with Crippen molar-refractivity contribution < 1.29 is 36.3 Å². The molecular weight excluding hydrogens is 622 g/mol. The predicted octanol–water partition coefficient (Wildman–Crippen LogP) is 6.46. The summed E-state index contributed by atoms with van der Waals surface area (Å²) >= 11 is 0. The molecule has 260 valence electrons. The van der Waals surface area contributed by atoms with E-state index < -0.39 is 0 Å². The van der Waals surface area contributed by atoms with Crippen LogP contribution in [0.15, 0.2) is 42.9 Å². The molecule has 2 aromatic heterocycles. The number of phenolic OH excluding ortho intramolecular Hbond substituents is 1. The van der Waals surface area contributed by atoms with Crippen molar-refractivity contribution in [3.63, 3.8) is 0 Å². The van der Waals surface area contributed by atoms with Gasteiger partial charge in [0.15, 0.2) is 35.7 Å². The summed E-state index contributed by atoms with van der Waals surface area (Å²) in [6.45, 7) is 4.05. The minimum Gasteiger partial charge on any atom is -1.00 e. The van der Waals surface area contributed by atoms with Gasteiger partial charge in [0.05, 0.1) is 18.1 Å². The molecule has 4 heterocycles. The number of imidazole rings is 1. The van der Waals surface area contributed by atoms with Crippen molar-refractivity contribution in [1.82, 2.24) is 9.55 Å². The second kappa shape index (κ2) is 17.8. The van der Waals surface area contributed by atoms with E-state index in [-0.39, 0.29) is 24.9 Å². The first kappa shape index (κ1) is 35.8. The normalized spacial score (nSPS) is 13.0. The number of fused-ring (bicyclic) bond motifs is 5. The molecule has 0 fully saturated rings. The molecule has 1 N–H and O–H groups in total. The maximum absolute atomic E-state index is 11.2. The van der Waals surface area contributed by atoms with Gasteiger partial charge in [0.2, 0.25) is 12.5 Å². The van der Waals surface area contributed by atoms with E-state index in [1.165, 1.54) is 95.5 Å². The molecule has 0 radical (unpaired) electrons. The second-order valence-electron chi connectivity index (χ2n) is 13.5. The molecule has 0 bridgehead atoms. The lowest BCUT2D eigenvalue weighted by Crippen LogP contribution is -3.00. The zero-order chi connectivity index (χ0) is 32.4. The van der Waals surface area contributed by atoms with E-state index >= 15 is 0 Å². The fourth-order valence-corrected chi connectivity index (χ4v) is 7.41. The highest BCUT2D eigenvalue weighted by atomic mass is 35.5. The summed E-state index contributed by atoms with van der Waals surface area (Å²) in [6, 6.07) is 8.42. The van der Waals surface area contributed by atoms with Crippen LogP contribution in [0.3, 0.4) is 0 Å². The van der Waals surface area contributed by atoms with Gasteiger partial charge in [0.1, 0.15) is 5.82 Å². The average molecular weight is 676 g/mol. The van der Waals surface area contributed by atoms with Gasteiger partial charge in [-0.1, -0.05) is 96.8 Å². The Balaban J connectivity index is 0.00000451. The summed E-state index contributed by atoms with van der Waals surface area (Å²) in [4.78, 5) is 4.74. The Morgan fingerprint density at radius 1 is 0.833 bits per heavy atom. The van der Waals surface area contributed by atoms with Gasteiger partial charge in [-0.2, -0.15) is 4.57 Å². The molecule has 0 spiro atoms. The Morgan fingerprint density at radius 2 is 1.48 bits per heavy atom. The molecule has 0 unspecified atom stereocenters. The molecule has 0 amide bonds. The number of phenols is 1. The molecule has 7 nitrogen and oxygen atoms in total. The summed E-state index contributed by atoms with van der Waals surface area (Å²) in [5.74, 6) is 3.41. The minimum atomic E-state index is 0. The number of methoxy groups -OCH3 is 1. The second-order valence-corrected chi connectivity index (χ2v) is 13.5. The maximum atomic E-state index is 11.2. The van der Waals surface area contributed by atoms with Crippen LogP contribution in [-0.2, 0) is 25.9 Å². The van der Waals surface area contributed by atoms with E-state index in [0.717, 1.165) is 70.7 Å². The van der Waals surface area contributed by atoms with Gasteiger partial charge < -0.3 is 36.3 Å². The van der Waals surface area contributed by atoms with Gasteiger partial charge >= 0.3 is 0 Å². The van der Waals surface area contributed by atoms with Crippen LogP contribution in [0.5, 0.6) is 23.0 Å². The van der Waals surface area contributed by atoms with Gasteiger partial charge in [-0.3, -0.25) is 0 Å². The predicted molar refractivity (Wildman–Crippen MR) is 188 cm³/mol. The summed E-state index contributed by atoms with van der Waals surface area (Å²) in [6.07, 6.45) is 28.5. The largest absolute Gasteiger partial charge is 1.00 e. The van der Waals surface area contributed by atoms with E-state index in [2.05, 4.69) is 46.7 Å². The molecule has 2 aliphatic heterocycles. The number of hydrogen-bond donors (Lipinski definition) is 1. The summed E-state index contributed by atoms with van der Waals surface area (Å²) in [7, 11) is 1.62. The Labute approximate surface area is 293 Å². The number of unbranched alkanes of at least 4 members (excludes halogenated alkanes) is 14. The first-order chi connectivity index (χ1) is 23.2. The standard InChI is InChI=1S/C40H53N3O4.ClH/c1-3-4-5-6-7-8-9-10-11-12-13-14-15-16-17-18-39-41-20-22-43(39)27-31-24-38(45-2)40(44)34-28-42-21-19-30-23-36-37(47-29-46-36)26-33(30)35(42)25-32(31)34;/h20,22-26,28H,3-19,21,27,29H2,1-2H3;1H. The Hall–Kier alpha value is -3.45. The number of aromatic nitrogens is 3. The molecule has 8 heteroatoms. The number of rotatable bonds is 19. The van der Waals surface area contributed by atoms with E-state index in [0.29, 0.717) is 12.3 Å². The van der Waals surface area contributed by atoms with Crippen LogP contribution in [0.4, 0.5) is 0 Å². The zero-order valence-electron chi connectivity index (χ0n) is 29.1. The van der Waals surface area contributed by atoms with Crippen LogP contribution in [0.2, 0.25) is 0 Å². The Morgan fingerprint density at radius 3 is 2.15 bits per heavy atom. The minimum absolute atomic E-state index is 0. The lowest BCUT2D eigenvalue weighted by molar-refractivity contribution is -0.686. The van der Waals surface area contributed by atoms with Gasteiger partial charge in [0.25, 0.3) is 0 Å². The van der Waals surface area contributed by atoms with E-state index in [9.17, 15) is 5.11 Å². The molecule has 2 aromatic carbocycles. The number of aromatic hydroxyl groups is 1. The molecule has 0 atom stereocenters. The van der Waals surface area contributed by atoms with Crippen molar-refractivity contribution >= 4 is 10.8 Å². The third-order valence-electron chi connectivity index (χ3n) is 10.2. The monoisotopic (exact) mass is 675 g/mol. The van der Waals surface area contributed by atoms with E-state index in [1.807, 2.05) is 12.3 Å². The molecule has 48 heavy (non-hydrogen) atoms. The van der Waals surface area contributed by atoms with Gasteiger partial charge in [-0.05, 0) is 35.7 Å². The maximum Gasteiger partial charge on any atom is 0.231 e. The van der Waals surface area contributed by atoms with E-state index in [4.69, 9.17) is 19.2 Å². The topological polar surface area (TPSA) is 69.6 Å². The molecular formula is C40H54ClN3O4. The number of aryl methyl sites for hydroxylation is 3. The van der Waals surface area contributed by atoms with Crippen LogP contribution in [0, 0.1) is 0 Å². The summed E-state index contributed by atoms with van der Waals surface area (Å²) in [5.41, 5.74) is 4.63. The molecule has 2 aliphatic rings. The Bertz CT molecular complexity index is 1640.